The minimum absolute atomic E-state index is 0.313. The molecule has 1 aromatic heterocycles. The van der Waals surface area contributed by atoms with E-state index >= 15 is 0 Å². The van der Waals surface area contributed by atoms with Gasteiger partial charge in [-0.15, -0.1) is 0 Å². The fourth-order valence-corrected chi connectivity index (χ4v) is 5.12. The van der Waals surface area contributed by atoms with E-state index < -0.39 is 5.60 Å². The van der Waals surface area contributed by atoms with Crippen LogP contribution in [0.2, 0.25) is 0 Å². The molecule has 0 aliphatic rings. The van der Waals surface area contributed by atoms with Crippen LogP contribution in [0.25, 0.3) is 32.9 Å². The lowest BCUT2D eigenvalue weighted by atomic mass is 9.91. The Hall–Kier alpha value is -3.20. The second-order valence-corrected chi connectivity index (χ2v) is 11.4. The van der Waals surface area contributed by atoms with Gasteiger partial charge in [0.05, 0.1) is 16.6 Å². The van der Waals surface area contributed by atoms with Crippen LogP contribution in [-0.2, 0) is 11.2 Å². The predicted octanol–water partition coefficient (Wildman–Crippen LogP) is 9.55. The van der Waals surface area contributed by atoms with Crippen LogP contribution in [-0.4, -0.2) is 16.6 Å². The van der Waals surface area contributed by atoms with Crippen LogP contribution in [0.4, 0.5) is 0 Å². The van der Waals surface area contributed by atoms with Crippen molar-refractivity contribution in [2.24, 2.45) is 5.92 Å². The van der Waals surface area contributed by atoms with Crippen LogP contribution in [0, 0.1) is 5.92 Å². The van der Waals surface area contributed by atoms with E-state index in [0.717, 1.165) is 39.7 Å². The fourth-order valence-electron chi connectivity index (χ4n) is 5.12. The van der Waals surface area contributed by atoms with Crippen molar-refractivity contribution in [3.63, 3.8) is 0 Å². The van der Waals surface area contributed by atoms with E-state index in [1.54, 1.807) is 0 Å². The molecule has 4 aromatic rings. The Balaban J connectivity index is 1.72. The average molecular weight is 496 g/mol. The Bertz CT molecular complexity index is 1370. The van der Waals surface area contributed by atoms with Crippen molar-refractivity contribution in [2.75, 3.05) is 0 Å². The number of aromatic nitrogens is 1. The molecule has 0 radical (unpaired) electrons. The van der Waals surface area contributed by atoms with Crippen molar-refractivity contribution in [1.29, 1.82) is 0 Å². The number of rotatable bonds is 10. The van der Waals surface area contributed by atoms with Gasteiger partial charge in [0.25, 0.3) is 0 Å². The highest BCUT2D eigenvalue weighted by Crippen LogP contribution is 2.35. The van der Waals surface area contributed by atoms with Crippen molar-refractivity contribution >= 4 is 27.8 Å². The summed E-state index contributed by atoms with van der Waals surface area (Å²) in [5, 5.41) is 1.85. The molecule has 0 aliphatic carbocycles. The monoisotopic (exact) mass is 495 g/mol. The quantitative estimate of drug-likeness (QED) is 0.125. The number of carbonyl (C=O) groups excluding carboxylic acids is 1. The van der Waals surface area contributed by atoms with E-state index in [1.165, 1.54) is 49.7 Å². The molecule has 0 spiro atoms. The molecule has 194 valence electrons. The molecular weight excluding hydrogens is 454 g/mol. The Morgan fingerprint density at radius 2 is 1.62 bits per heavy atom. The maximum atomic E-state index is 13.2. The Morgan fingerprint density at radius 1 is 0.892 bits per heavy atom. The van der Waals surface area contributed by atoms with Gasteiger partial charge in [0.1, 0.15) is 5.60 Å². The van der Waals surface area contributed by atoms with Crippen molar-refractivity contribution in [3.8, 4) is 11.1 Å². The molecule has 3 aromatic carbocycles. The number of esters is 1. The first-order valence-corrected chi connectivity index (χ1v) is 13.9. The number of ether oxygens (including phenoxy) is 1. The highest BCUT2D eigenvalue weighted by atomic mass is 16.6. The summed E-state index contributed by atoms with van der Waals surface area (Å²) < 4.78 is 5.76. The van der Waals surface area contributed by atoms with Gasteiger partial charge in [0.15, 0.2) is 0 Å². The summed E-state index contributed by atoms with van der Waals surface area (Å²) in [7, 11) is 0. The van der Waals surface area contributed by atoms with Crippen LogP contribution in [0.15, 0.2) is 66.7 Å². The van der Waals surface area contributed by atoms with Crippen LogP contribution in [0.3, 0.4) is 0 Å². The van der Waals surface area contributed by atoms with Gasteiger partial charge in [-0.25, -0.2) is 9.78 Å². The smallest absolute Gasteiger partial charge is 0.339 e. The molecule has 1 unspecified atom stereocenters. The fraction of sp³-hybridized carbons (Fsp3) is 0.412. The number of aryl methyl sites for hydroxylation is 1. The SMILES string of the molecule is CCCCCC(C)CCCc1ccccc1-c1ccc(C(=O)OC(C)(C)C)c2cc3ccccc3nc12. The van der Waals surface area contributed by atoms with Gasteiger partial charge in [-0.05, 0) is 68.9 Å². The highest BCUT2D eigenvalue weighted by molar-refractivity contribution is 6.10. The molecular formula is C34H41NO2. The van der Waals surface area contributed by atoms with Crippen molar-refractivity contribution < 1.29 is 9.53 Å². The summed E-state index contributed by atoms with van der Waals surface area (Å²) in [4.78, 5) is 18.3. The van der Waals surface area contributed by atoms with Gasteiger partial charge in [0, 0.05) is 16.3 Å². The van der Waals surface area contributed by atoms with E-state index in [2.05, 4.69) is 50.2 Å². The first-order chi connectivity index (χ1) is 17.8. The molecule has 3 heteroatoms. The third-order valence-corrected chi connectivity index (χ3v) is 7.06. The molecule has 0 aliphatic heterocycles. The van der Waals surface area contributed by atoms with E-state index in [9.17, 15) is 4.79 Å². The van der Waals surface area contributed by atoms with Crippen molar-refractivity contribution in [2.45, 2.75) is 85.2 Å². The summed E-state index contributed by atoms with van der Waals surface area (Å²) >= 11 is 0. The molecule has 1 heterocycles. The summed E-state index contributed by atoms with van der Waals surface area (Å²) in [5.41, 5.74) is 5.38. The van der Waals surface area contributed by atoms with Crippen molar-refractivity contribution in [3.05, 3.63) is 77.9 Å². The Labute approximate surface area is 222 Å². The van der Waals surface area contributed by atoms with E-state index in [1.807, 2.05) is 51.1 Å². The third-order valence-electron chi connectivity index (χ3n) is 7.06. The first kappa shape index (κ1) is 26.9. The number of hydrogen-bond donors (Lipinski definition) is 0. The summed E-state index contributed by atoms with van der Waals surface area (Å²) in [5.74, 6) is 0.451. The van der Waals surface area contributed by atoms with Gasteiger partial charge >= 0.3 is 5.97 Å². The molecule has 1 atom stereocenters. The Kier molecular flexibility index (Phi) is 8.63. The molecule has 0 fully saturated rings. The van der Waals surface area contributed by atoms with Gasteiger partial charge in [-0.3, -0.25) is 0 Å². The molecule has 0 saturated heterocycles. The lowest BCUT2D eigenvalue weighted by Crippen LogP contribution is -2.24. The second-order valence-electron chi connectivity index (χ2n) is 11.4. The number of fused-ring (bicyclic) bond motifs is 2. The van der Waals surface area contributed by atoms with Crippen LogP contribution in [0.5, 0.6) is 0 Å². The van der Waals surface area contributed by atoms with Gasteiger partial charge in [-0.1, -0.05) is 94.5 Å². The van der Waals surface area contributed by atoms with Gasteiger partial charge in [-0.2, -0.15) is 0 Å². The standard InChI is InChI=1S/C34H41NO2/c1-6-7-8-14-24(2)15-13-18-25-16-9-11-19-27(25)28-21-22-29(33(36)37-34(3,4)5)30-23-26-17-10-12-20-31(26)35-32(28)30/h9-12,16-17,19-24H,6-8,13-15,18H2,1-5H3. The number of unbranched alkanes of at least 4 members (excludes halogenated alkanes) is 2. The molecule has 3 nitrogen and oxygen atoms in total. The van der Waals surface area contributed by atoms with E-state index in [4.69, 9.17) is 9.72 Å². The van der Waals surface area contributed by atoms with Crippen LogP contribution in [0.1, 0.15) is 89.1 Å². The number of hydrogen-bond acceptors (Lipinski definition) is 3. The lowest BCUT2D eigenvalue weighted by Gasteiger charge is -2.21. The topological polar surface area (TPSA) is 39.2 Å². The zero-order valence-electron chi connectivity index (χ0n) is 23.1. The maximum absolute atomic E-state index is 13.2. The largest absolute Gasteiger partial charge is 0.456 e. The lowest BCUT2D eigenvalue weighted by molar-refractivity contribution is 0.00718. The first-order valence-electron chi connectivity index (χ1n) is 13.9. The van der Waals surface area contributed by atoms with E-state index in [0.29, 0.717) is 5.56 Å². The normalized spacial score (nSPS) is 12.7. The average Bonchev–Trinajstić information content (AvgIpc) is 2.86. The third kappa shape index (κ3) is 6.77. The number of carbonyl (C=O) groups is 1. The molecule has 0 N–H and O–H groups in total. The summed E-state index contributed by atoms with van der Waals surface area (Å²) in [6.45, 7) is 10.4. The number of pyridine rings is 1. The number of benzene rings is 3. The van der Waals surface area contributed by atoms with Crippen molar-refractivity contribution in [1.82, 2.24) is 4.98 Å². The highest BCUT2D eigenvalue weighted by Gasteiger charge is 2.22. The van der Waals surface area contributed by atoms with Gasteiger partial charge < -0.3 is 4.74 Å². The number of para-hydroxylation sites is 1. The molecule has 0 amide bonds. The zero-order chi connectivity index (χ0) is 26.4. The predicted molar refractivity (Wildman–Crippen MR) is 156 cm³/mol. The van der Waals surface area contributed by atoms with E-state index in [-0.39, 0.29) is 5.97 Å². The zero-order valence-corrected chi connectivity index (χ0v) is 23.1. The molecule has 4 rings (SSSR count). The number of nitrogens with zero attached hydrogens (tertiary/aromatic N) is 1. The second kappa shape index (κ2) is 11.9. The molecule has 0 saturated carbocycles. The maximum Gasteiger partial charge on any atom is 0.339 e. The summed E-state index contributed by atoms with van der Waals surface area (Å²) in [6.07, 6.45) is 8.74. The minimum Gasteiger partial charge on any atom is -0.456 e. The van der Waals surface area contributed by atoms with Crippen LogP contribution >= 0.6 is 0 Å². The molecule has 37 heavy (non-hydrogen) atoms. The van der Waals surface area contributed by atoms with Gasteiger partial charge in [0.2, 0.25) is 0 Å². The summed E-state index contributed by atoms with van der Waals surface area (Å²) in [6, 6.07) is 22.8. The molecule has 0 bridgehead atoms. The Morgan fingerprint density at radius 3 is 2.41 bits per heavy atom. The van der Waals surface area contributed by atoms with Crippen LogP contribution < -0.4 is 0 Å². The minimum atomic E-state index is -0.563.